The van der Waals surface area contributed by atoms with Gasteiger partial charge in [0.2, 0.25) is 15.9 Å². The molecule has 1 N–H and O–H groups in total. The molecule has 0 aromatic heterocycles. The monoisotopic (exact) mass is 462 g/mol. The first-order valence-corrected chi connectivity index (χ1v) is 12.7. The van der Waals surface area contributed by atoms with Gasteiger partial charge < -0.3 is 14.8 Å². The van der Waals surface area contributed by atoms with Crippen molar-refractivity contribution in [2.45, 2.75) is 45.6 Å². The van der Waals surface area contributed by atoms with Crippen molar-refractivity contribution in [3.8, 4) is 11.5 Å². The summed E-state index contributed by atoms with van der Waals surface area (Å²) in [5.74, 6) is 1.36. The fourth-order valence-corrected chi connectivity index (χ4v) is 4.21. The van der Waals surface area contributed by atoms with Crippen molar-refractivity contribution in [1.82, 2.24) is 5.32 Å². The van der Waals surface area contributed by atoms with Crippen molar-refractivity contribution in [1.29, 1.82) is 0 Å². The van der Waals surface area contributed by atoms with Crippen molar-refractivity contribution < 1.29 is 22.7 Å². The zero-order valence-electron chi connectivity index (χ0n) is 19.3. The topological polar surface area (TPSA) is 84.9 Å². The maximum atomic E-state index is 12.2. The smallest absolute Gasteiger partial charge is 0.232 e. The number of nitrogens with zero attached hydrogens (tertiary/aromatic N) is 1. The Balaban J connectivity index is 1.73. The average molecular weight is 463 g/mol. The second-order valence-electron chi connectivity index (χ2n) is 7.90. The van der Waals surface area contributed by atoms with Gasteiger partial charge in [-0.25, -0.2) is 8.42 Å². The minimum absolute atomic E-state index is 0.0789. The van der Waals surface area contributed by atoms with Gasteiger partial charge in [-0.05, 0) is 62.9 Å². The second kappa shape index (κ2) is 12.3. The predicted molar refractivity (Wildman–Crippen MR) is 128 cm³/mol. The number of aryl methyl sites for hydroxylation is 1. The summed E-state index contributed by atoms with van der Waals surface area (Å²) in [5, 5.41) is 2.91. The number of hydrogen-bond acceptors (Lipinski definition) is 5. The van der Waals surface area contributed by atoms with Crippen LogP contribution in [-0.4, -0.2) is 46.9 Å². The lowest BCUT2D eigenvalue weighted by Gasteiger charge is -2.22. The minimum Gasteiger partial charge on any atom is -0.497 e. The number of benzene rings is 2. The van der Waals surface area contributed by atoms with Gasteiger partial charge >= 0.3 is 0 Å². The van der Waals surface area contributed by atoms with Crippen LogP contribution in [0.2, 0.25) is 0 Å². The first-order chi connectivity index (χ1) is 15.2. The molecule has 0 fully saturated rings. The lowest BCUT2D eigenvalue weighted by molar-refractivity contribution is -0.121. The van der Waals surface area contributed by atoms with Gasteiger partial charge in [-0.3, -0.25) is 9.10 Å². The minimum atomic E-state index is -3.47. The Morgan fingerprint density at radius 1 is 1.06 bits per heavy atom. The third-order valence-corrected chi connectivity index (χ3v) is 5.96. The fraction of sp³-hybridized carbons (Fsp3) is 0.458. The van der Waals surface area contributed by atoms with Crippen LogP contribution >= 0.6 is 0 Å². The number of ether oxygens (including phenoxy) is 2. The van der Waals surface area contributed by atoms with Crippen LogP contribution in [0.3, 0.4) is 0 Å². The SMILES string of the molecule is COc1cccc(N(CCCC(=O)NCCCc2ccc(OC(C)C)cc2)S(C)(=O)=O)c1. The van der Waals surface area contributed by atoms with Crippen molar-refractivity contribution >= 4 is 21.6 Å². The van der Waals surface area contributed by atoms with E-state index >= 15 is 0 Å². The number of hydrogen-bond donors (Lipinski definition) is 1. The standard InChI is InChI=1S/C24H34N2O5S/c1-19(2)31-22-14-12-20(13-15-22)8-6-16-25-24(27)11-7-17-26(32(4,28)29)21-9-5-10-23(18-21)30-3/h5,9-10,12-15,18-19H,6-8,11,16-17H2,1-4H3,(H,25,27). The Bertz CT molecular complexity index is 959. The van der Waals surface area contributed by atoms with Crippen molar-refractivity contribution in [2.75, 3.05) is 30.8 Å². The van der Waals surface area contributed by atoms with Crippen molar-refractivity contribution in [2.24, 2.45) is 0 Å². The number of nitrogens with one attached hydrogen (secondary N) is 1. The van der Waals surface area contributed by atoms with Gasteiger partial charge in [0.05, 0.1) is 25.2 Å². The molecule has 0 aliphatic carbocycles. The maximum absolute atomic E-state index is 12.2. The Labute approximate surface area is 191 Å². The molecule has 0 radical (unpaired) electrons. The van der Waals surface area contributed by atoms with E-state index in [0.29, 0.717) is 24.4 Å². The molecule has 0 aliphatic rings. The number of carbonyl (C=O) groups is 1. The van der Waals surface area contributed by atoms with Crippen molar-refractivity contribution in [3.63, 3.8) is 0 Å². The van der Waals surface area contributed by atoms with Crippen LogP contribution in [0.5, 0.6) is 11.5 Å². The molecule has 1 amide bonds. The third-order valence-electron chi connectivity index (χ3n) is 4.77. The van der Waals surface area contributed by atoms with Crippen LogP contribution < -0.4 is 19.1 Å². The number of carbonyl (C=O) groups excluding carboxylic acids is 1. The van der Waals surface area contributed by atoms with E-state index in [0.717, 1.165) is 24.8 Å². The van der Waals surface area contributed by atoms with Crippen LogP contribution in [-0.2, 0) is 21.2 Å². The van der Waals surface area contributed by atoms with Gasteiger partial charge in [0, 0.05) is 25.6 Å². The van der Waals surface area contributed by atoms with Crippen LogP contribution in [0.25, 0.3) is 0 Å². The van der Waals surface area contributed by atoms with E-state index < -0.39 is 10.0 Å². The van der Waals surface area contributed by atoms with Crippen LogP contribution in [0.4, 0.5) is 5.69 Å². The average Bonchev–Trinajstić information content (AvgIpc) is 2.74. The molecule has 32 heavy (non-hydrogen) atoms. The Hall–Kier alpha value is -2.74. The normalized spacial score (nSPS) is 11.3. The first kappa shape index (κ1) is 25.5. The molecule has 0 aliphatic heterocycles. The quantitative estimate of drug-likeness (QED) is 0.458. The van der Waals surface area contributed by atoms with E-state index in [-0.39, 0.29) is 25.0 Å². The van der Waals surface area contributed by atoms with Gasteiger partial charge in [-0.15, -0.1) is 0 Å². The highest BCUT2D eigenvalue weighted by atomic mass is 32.2. The number of sulfonamides is 1. The number of amides is 1. The zero-order chi connectivity index (χ0) is 23.6. The van der Waals surface area contributed by atoms with E-state index in [9.17, 15) is 13.2 Å². The molecule has 0 saturated heterocycles. The van der Waals surface area contributed by atoms with E-state index in [4.69, 9.17) is 9.47 Å². The molecule has 0 saturated carbocycles. The maximum Gasteiger partial charge on any atom is 0.232 e. The number of methoxy groups -OCH3 is 1. The molecular weight excluding hydrogens is 428 g/mol. The molecule has 2 aromatic carbocycles. The van der Waals surface area contributed by atoms with E-state index in [1.54, 1.807) is 24.3 Å². The largest absolute Gasteiger partial charge is 0.497 e. The Morgan fingerprint density at radius 2 is 1.78 bits per heavy atom. The lowest BCUT2D eigenvalue weighted by Crippen LogP contribution is -2.32. The summed E-state index contributed by atoms with van der Waals surface area (Å²) in [4.78, 5) is 12.2. The summed E-state index contributed by atoms with van der Waals surface area (Å²) in [6.45, 7) is 4.79. The summed E-state index contributed by atoms with van der Waals surface area (Å²) in [6.07, 6.45) is 3.68. The molecule has 0 atom stereocenters. The van der Waals surface area contributed by atoms with Gasteiger partial charge in [0.1, 0.15) is 11.5 Å². The first-order valence-electron chi connectivity index (χ1n) is 10.8. The Kier molecular flexibility index (Phi) is 9.84. The summed E-state index contributed by atoms with van der Waals surface area (Å²) < 4.78 is 36.5. The molecule has 2 rings (SSSR count). The molecule has 0 spiro atoms. The second-order valence-corrected chi connectivity index (χ2v) is 9.81. The van der Waals surface area contributed by atoms with E-state index in [2.05, 4.69) is 5.32 Å². The van der Waals surface area contributed by atoms with Gasteiger partial charge in [0.25, 0.3) is 0 Å². The van der Waals surface area contributed by atoms with Crippen LogP contribution in [0, 0.1) is 0 Å². The Morgan fingerprint density at radius 3 is 2.41 bits per heavy atom. The highest BCUT2D eigenvalue weighted by molar-refractivity contribution is 7.92. The molecule has 8 heteroatoms. The molecule has 0 unspecified atom stereocenters. The molecule has 7 nitrogen and oxygen atoms in total. The summed E-state index contributed by atoms with van der Waals surface area (Å²) in [6, 6.07) is 14.9. The molecule has 0 heterocycles. The van der Waals surface area contributed by atoms with Gasteiger partial charge in [-0.1, -0.05) is 18.2 Å². The highest BCUT2D eigenvalue weighted by Gasteiger charge is 2.18. The molecule has 176 valence electrons. The predicted octanol–water partition coefficient (Wildman–Crippen LogP) is 3.78. The molecular formula is C24H34N2O5S. The van der Waals surface area contributed by atoms with Crippen LogP contribution in [0.1, 0.15) is 38.7 Å². The van der Waals surface area contributed by atoms with Crippen molar-refractivity contribution in [3.05, 3.63) is 54.1 Å². The fourth-order valence-electron chi connectivity index (χ4n) is 3.25. The van der Waals surface area contributed by atoms with E-state index in [1.807, 2.05) is 38.1 Å². The summed E-state index contributed by atoms with van der Waals surface area (Å²) in [7, 11) is -1.93. The summed E-state index contributed by atoms with van der Waals surface area (Å²) >= 11 is 0. The summed E-state index contributed by atoms with van der Waals surface area (Å²) in [5.41, 5.74) is 1.72. The lowest BCUT2D eigenvalue weighted by atomic mass is 10.1. The number of anilines is 1. The number of rotatable bonds is 13. The zero-order valence-corrected chi connectivity index (χ0v) is 20.2. The third kappa shape index (κ3) is 8.78. The highest BCUT2D eigenvalue weighted by Crippen LogP contribution is 2.23. The van der Waals surface area contributed by atoms with Gasteiger partial charge in [-0.2, -0.15) is 0 Å². The van der Waals surface area contributed by atoms with Gasteiger partial charge in [0.15, 0.2) is 0 Å². The van der Waals surface area contributed by atoms with E-state index in [1.165, 1.54) is 17.0 Å². The molecule has 2 aromatic rings. The molecule has 0 bridgehead atoms. The van der Waals surface area contributed by atoms with Crippen LogP contribution in [0.15, 0.2) is 48.5 Å².